The van der Waals surface area contributed by atoms with Crippen molar-refractivity contribution in [3.05, 3.63) is 36.0 Å². The van der Waals surface area contributed by atoms with E-state index in [-0.39, 0.29) is 13.0 Å². The van der Waals surface area contributed by atoms with Crippen LogP contribution in [0.3, 0.4) is 0 Å². The number of carboxylic acid groups (broad SMARTS) is 1. The number of carboxylic acids is 1. The SMILES string of the molecule is CC(NC(=O)C(Cc1c[nH]c2ccccc12)NC(=O)CNC(=O)C(N)CCCCN)C(=O)O. The normalized spacial score (nSPS) is 13.7. The minimum atomic E-state index is -1.20. The molecule has 1 heterocycles. The number of nitrogens with two attached hydrogens (primary N) is 2. The quantitative estimate of drug-likeness (QED) is 0.193. The van der Waals surface area contributed by atoms with E-state index >= 15 is 0 Å². The molecule has 0 aliphatic heterocycles. The van der Waals surface area contributed by atoms with Crippen LogP contribution in [0, 0.1) is 0 Å². The molecule has 0 radical (unpaired) electrons. The minimum Gasteiger partial charge on any atom is -0.480 e. The van der Waals surface area contributed by atoms with Crippen molar-refractivity contribution < 1.29 is 24.3 Å². The number of carbonyl (C=O) groups is 4. The Bertz CT molecular complexity index is 975. The van der Waals surface area contributed by atoms with Gasteiger partial charge in [0.2, 0.25) is 17.7 Å². The van der Waals surface area contributed by atoms with E-state index in [2.05, 4.69) is 20.9 Å². The third-order valence-electron chi connectivity index (χ3n) is 5.21. The predicted molar refractivity (Wildman–Crippen MR) is 123 cm³/mol. The van der Waals surface area contributed by atoms with Gasteiger partial charge in [-0.05, 0) is 37.9 Å². The molecule has 0 aliphatic carbocycles. The summed E-state index contributed by atoms with van der Waals surface area (Å²) in [4.78, 5) is 51.5. The Morgan fingerprint density at radius 1 is 1.09 bits per heavy atom. The maximum atomic E-state index is 12.7. The van der Waals surface area contributed by atoms with Crippen molar-refractivity contribution in [3.8, 4) is 0 Å². The molecule has 11 nitrogen and oxygen atoms in total. The van der Waals surface area contributed by atoms with Crippen molar-refractivity contribution >= 4 is 34.6 Å². The number of nitrogens with one attached hydrogen (secondary N) is 4. The lowest BCUT2D eigenvalue weighted by atomic mass is 10.0. The number of aliphatic carboxylic acids is 1. The van der Waals surface area contributed by atoms with E-state index < -0.39 is 41.8 Å². The molecule has 3 amide bonds. The first-order chi connectivity index (χ1) is 15.7. The molecular weight excluding hydrogens is 428 g/mol. The number of amides is 3. The first-order valence-electron chi connectivity index (χ1n) is 10.8. The number of rotatable bonds is 13. The zero-order valence-corrected chi connectivity index (χ0v) is 18.6. The van der Waals surface area contributed by atoms with Crippen LogP contribution in [0.4, 0.5) is 0 Å². The van der Waals surface area contributed by atoms with Crippen LogP contribution >= 0.6 is 0 Å². The molecule has 0 saturated carbocycles. The number of hydrogen-bond acceptors (Lipinski definition) is 6. The van der Waals surface area contributed by atoms with Crippen molar-refractivity contribution in [3.63, 3.8) is 0 Å². The van der Waals surface area contributed by atoms with Crippen molar-refractivity contribution in [2.75, 3.05) is 13.1 Å². The molecule has 1 aromatic carbocycles. The summed E-state index contributed by atoms with van der Waals surface area (Å²) >= 11 is 0. The molecule has 2 rings (SSSR count). The Hall–Kier alpha value is -3.44. The number of fused-ring (bicyclic) bond motifs is 1. The van der Waals surface area contributed by atoms with Crippen molar-refractivity contribution in [2.45, 2.75) is 50.7 Å². The van der Waals surface area contributed by atoms with Crippen LogP contribution in [0.1, 0.15) is 31.7 Å². The summed E-state index contributed by atoms with van der Waals surface area (Å²) in [6.07, 6.45) is 3.76. The van der Waals surface area contributed by atoms with E-state index in [4.69, 9.17) is 16.6 Å². The van der Waals surface area contributed by atoms with E-state index in [0.717, 1.165) is 22.9 Å². The molecule has 3 atom stereocenters. The molecule has 3 unspecified atom stereocenters. The Labute approximate surface area is 191 Å². The molecule has 0 saturated heterocycles. The Balaban J connectivity index is 2.03. The van der Waals surface area contributed by atoms with E-state index in [1.165, 1.54) is 6.92 Å². The van der Waals surface area contributed by atoms with Crippen molar-refractivity contribution in [1.29, 1.82) is 0 Å². The average molecular weight is 461 g/mol. The Morgan fingerprint density at radius 2 is 1.82 bits per heavy atom. The number of hydrogen-bond donors (Lipinski definition) is 7. The highest BCUT2D eigenvalue weighted by Gasteiger charge is 2.26. The zero-order chi connectivity index (χ0) is 24.4. The van der Waals surface area contributed by atoms with Gasteiger partial charge in [-0.15, -0.1) is 0 Å². The number of aromatic nitrogens is 1. The summed E-state index contributed by atoms with van der Waals surface area (Å²) in [7, 11) is 0. The molecule has 11 heteroatoms. The van der Waals surface area contributed by atoms with E-state index in [1.54, 1.807) is 6.20 Å². The minimum absolute atomic E-state index is 0.125. The van der Waals surface area contributed by atoms with Crippen LogP contribution in [-0.2, 0) is 25.6 Å². The van der Waals surface area contributed by atoms with Crippen LogP contribution in [0.15, 0.2) is 30.5 Å². The topological polar surface area (TPSA) is 192 Å². The first-order valence-corrected chi connectivity index (χ1v) is 10.8. The second kappa shape index (κ2) is 12.6. The van der Waals surface area contributed by atoms with E-state index in [9.17, 15) is 19.2 Å². The lowest BCUT2D eigenvalue weighted by Crippen LogP contribution is -2.54. The summed E-state index contributed by atoms with van der Waals surface area (Å²) in [6, 6.07) is 4.54. The molecule has 1 aromatic heterocycles. The highest BCUT2D eigenvalue weighted by atomic mass is 16.4. The van der Waals surface area contributed by atoms with Crippen molar-refractivity contribution in [2.24, 2.45) is 11.5 Å². The molecule has 2 aromatic rings. The standard InChI is InChI=1S/C22H32N6O5/c1-13(22(32)33)27-21(31)18(10-14-11-25-17-8-3-2-6-15(14)17)28-19(29)12-26-20(30)16(24)7-4-5-9-23/h2-3,6,8,11,13,16,18,25H,4-5,7,9-10,12,23-24H2,1H3,(H,26,30)(H,27,31)(H,28,29)(H,32,33). The second-order valence-electron chi connectivity index (χ2n) is 7.86. The highest BCUT2D eigenvalue weighted by molar-refractivity contribution is 5.93. The summed E-state index contributed by atoms with van der Waals surface area (Å²) in [5, 5.41) is 17.4. The lowest BCUT2D eigenvalue weighted by Gasteiger charge is -2.20. The number of unbranched alkanes of at least 4 members (excludes halogenated alkanes) is 1. The van der Waals surface area contributed by atoms with Crippen LogP contribution in [-0.4, -0.2) is 65.0 Å². The Kier molecular flexibility index (Phi) is 9.83. The zero-order valence-electron chi connectivity index (χ0n) is 18.6. The van der Waals surface area contributed by atoms with Crippen molar-refractivity contribution in [1.82, 2.24) is 20.9 Å². The third-order valence-corrected chi connectivity index (χ3v) is 5.21. The molecule has 0 bridgehead atoms. The van der Waals surface area contributed by atoms with Gasteiger partial charge in [-0.1, -0.05) is 24.6 Å². The van der Waals surface area contributed by atoms with Crippen LogP contribution < -0.4 is 27.4 Å². The predicted octanol–water partition coefficient (Wildman–Crippen LogP) is -0.643. The smallest absolute Gasteiger partial charge is 0.325 e. The number of para-hydroxylation sites is 1. The number of H-pyrrole nitrogens is 1. The Morgan fingerprint density at radius 3 is 2.52 bits per heavy atom. The molecule has 33 heavy (non-hydrogen) atoms. The maximum absolute atomic E-state index is 12.7. The largest absolute Gasteiger partial charge is 0.480 e. The molecule has 180 valence electrons. The summed E-state index contributed by atoms with van der Waals surface area (Å²) in [6.45, 7) is 1.48. The van der Waals surface area contributed by atoms with Gasteiger partial charge in [0.1, 0.15) is 12.1 Å². The molecule has 0 aliphatic rings. The van der Waals surface area contributed by atoms with Gasteiger partial charge in [0.05, 0.1) is 12.6 Å². The highest BCUT2D eigenvalue weighted by Crippen LogP contribution is 2.19. The molecule has 0 spiro atoms. The van der Waals surface area contributed by atoms with Gasteiger partial charge in [-0.25, -0.2) is 0 Å². The van der Waals surface area contributed by atoms with Gasteiger partial charge in [-0.3, -0.25) is 19.2 Å². The fourth-order valence-corrected chi connectivity index (χ4v) is 3.29. The lowest BCUT2D eigenvalue weighted by molar-refractivity contribution is -0.141. The average Bonchev–Trinajstić information content (AvgIpc) is 3.19. The molecular formula is C22H32N6O5. The monoisotopic (exact) mass is 460 g/mol. The van der Waals surface area contributed by atoms with Crippen LogP contribution in [0.5, 0.6) is 0 Å². The van der Waals surface area contributed by atoms with Gasteiger partial charge < -0.3 is 37.5 Å². The molecule has 0 fully saturated rings. The van der Waals surface area contributed by atoms with Crippen LogP contribution in [0.25, 0.3) is 10.9 Å². The van der Waals surface area contributed by atoms with E-state index in [0.29, 0.717) is 19.4 Å². The summed E-state index contributed by atoms with van der Waals surface area (Å²) in [5.74, 6) is -2.91. The fraction of sp³-hybridized carbons (Fsp3) is 0.455. The number of carbonyl (C=O) groups excluding carboxylic acids is 3. The van der Waals surface area contributed by atoms with Gasteiger partial charge in [0, 0.05) is 23.5 Å². The van der Waals surface area contributed by atoms with E-state index in [1.807, 2.05) is 24.3 Å². The summed E-state index contributed by atoms with van der Waals surface area (Å²) < 4.78 is 0. The van der Waals surface area contributed by atoms with Gasteiger partial charge in [0.15, 0.2) is 0 Å². The summed E-state index contributed by atoms with van der Waals surface area (Å²) in [5.41, 5.74) is 12.9. The maximum Gasteiger partial charge on any atom is 0.325 e. The van der Waals surface area contributed by atoms with Gasteiger partial charge in [0.25, 0.3) is 0 Å². The number of benzene rings is 1. The molecule has 9 N–H and O–H groups in total. The second-order valence-corrected chi connectivity index (χ2v) is 7.86. The van der Waals surface area contributed by atoms with Crippen LogP contribution in [0.2, 0.25) is 0 Å². The first kappa shape index (κ1) is 25.8. The third kappa shape index (κ3) is 7.88. The fourth-order valence-electron chi connectivity index (χ4n) is 3.29. The van der Waals surface area contributed by atoms with Gasteiger partial charge in [-0.2, -0.15) is 0 Å². The van der Waals surface area contributed by atoms with Gasteiger partial charge >= 0.3 is 5.97 Å². The number of aromatic amines is 1.